The van der Waals surface area contributed by atoms with Crippen molar-refractivity contribution in [1.29, 1.82) is 0 Å². The van der Waals surface area contributed by atoms with Gasteiger partial charge in [0.1, 0.15) is 11.3 Å². The third kappa shape index (κ3) is 3.03. The lowest BCUT2D eigenvalue weighted by atomic mass is 10.2. The van der Waals surface area contributed by atoms with Gasteiger partial charge >= 0.3 is 0 Å². The van der Waals surface area contributed by atoms with E-state index >= 15 is 0 Å². The van der Waals surface area contributed by atoms with Gasteiger partial charge in [0.05, 0.1) is 24.9 Å². The summed E-state index contributed by atoms with van der Waals surface area (Å²) >= 11 is 0. The Morgan fingerprint density at radius 3 is 3.04 bits per heavy atom. The van der Waals surface area contributed by atoms with Gasteiger partial charge in [-0.1, -0.05) is 11.2 Å². The zero-order valence-corrected chi connectivity index (χ0v) is 13.6. The molecule has 4 rings (SSSR count). The molecular formula is C18H16N4O3. The van der Waals surface area contributed by atoms with Crippen molar-refractivity contribution in [3.63, 3.8) is 0 Å². The Morgan fingerprint density at radius 1 is 1.28 bits per heavy atom. The summed E-state index contributed by atoms with van der Waals surface area (Å²) in [6.45, 7) is 2.28. The summed E-state index contributed by atoms with van der Waals surface area (Å²) in [6, 6.07) is 9.24. The summed E-state index contributed by atoms with van der Waals surface area (Å²) in [7, 11) is 0. The van der Waals surface area contributed by atoms with Gasteiger partial charge in [-0.3, -0.25) is 4.79 Å². The minimum absolute atomic E-state index is 0.106. The first-order valence-corrected chi connectivity index (χ1v) is 7.88. The van der Waals surface area contributed by atoms with Gasteiger partial charge in [-0.25, -0.2) is 4.98 Å². The van der Waals surface area contributed by atoms with Crippen LogP contribution in [0.2, 0.25) is 0 Å². The van der Waals surface area contributed by atoms with E-state index in [0.29, 0.717) is 23.8 Å². The number of hydrogen-bond acceptors (Lipinski definition) is 5. The van der Waals surface area contributed by atoms with Crippen molar-refractivity contribution in [3.8, 4) is 11.5 Å². The fraction of sp³-hybridized carbons (Fsp3) is 0.167. The van der Waals surface area contributed by atoms with E-state index in [4.69, 9.17) is 8.94 Å². The van der Waals surface area contributed by atoms with Crippen LogP contribution < -0.4 is 5.32 Å². The number of carbonyl (C=O) groups excluding carboxylic acids is 1. The molecule has 0 aliphatic carbocycles. The molecule has 25 heavy (non-hydrogen) atoms. The normalized spacial score (nSPS) is 11.1. The molecule has 0 aliphatic heterocycles. The molecule has 0 radical (unpaired) electrons. The van der Waals surface area contributed by atoms with Crippen LogP contribution in [0.15, 0.2) is 57.9 Å². The monoisotopic (exact) mass is 336 g/mol. The predicted octanol–water partition coefficient (Wildman–Crippen LogP) is 2.75. The van der Waals surface area contributed by atoms with Gasteiger partial charge in [0.15, 0.2) is 5.76 Å². The lowest BCUT2D eigenvalue weighted by Crippen LogP contribution is -2.25. The molecule has 0 spiro atoms. The highest BCUT2D eigenvalue weighted by Gasteiger charge is 2.12. The van der Waals surface area contributed by atoms with Gasteiger partial charge in [-0.05, 0) is 30.7 Å². The molecule has 0 atom stereocenters. The summed E-state index contributed by atoms with van der Waals surface area (Å²) < 4.78 is 12.4. The van der Waals surface area contributed by atoms with Crippen LogP contribution in [0, 0.1) is 6.92 Å². The van der Waals surface area contributed by atoms with Crippen LogP contribution in [0.25, 0.3) is 17.2 Å². The molecule has 0 bridgehead atoms. The van der Waals surface area contributed by atoms with Gasteiger partial charge in [0.25, 0.3) is 0 Å². The minimum atomic E-state index is -0.106. The molecule has 4 heterocycles. The van der Waals surface area contributed by atoms with Crippen LogP contribution in [0.1, 0.15) is 17.0 Å². The Balaban J connectivity index is 1.40. The number of nitrogens with one attached hydrogen (secondary N) is 1. The van der Waals surface area contributed by atoms with Crippen molar-refractivity contribution in [1.82, 2.24) is 19.9 Å². The molecule has 4 aromatic rings. The molecule has 7 heteroatoms. The highest BCUT2D eigenvalue weighted by molar-refractivity contribution is 5.78. The van der Waals surface area contributed by atoms with Crippen LogP contribution in [-0.2, 0) is 17.8 Å². The topological polar surface area (TPSA) is 85.6 Å². The van der Waals surface area contributed by atoms with Crippen molar-refractivity contribution >= 4 is 11.6 Å². The first-order valence-electron chi connectivity index (χ1n) is 7.88. The Labute approximate surface area is 143 Å². The van der Waals surface area contributed by atoms with Crippen molar-refractivity contribution < 1.29 is 13.7 Å². The van der Waals surface area contributed by atoms with Gasteiger partial charge in [-0.15, -0.1) is 0 Å². The number of hydrogen-bond donors (Lipinski definition) is 1. The molecule has 1 N–H and O–H groups in total. The lowest BCUT2D eigenvalue weighted by molar-refractivity contribution is -0.120. The fourth-order valence-corrected chi connectivity index (χ4v) is 2.68. The van der Waals surface area contributed by atoms with E-state index in [0.717, 1.165) is 16.9 Å². The van der Waals surface area contributed by atoms with Crippen LogP contribution in [0.4, 0.5) is 0 Å². The number of nitrogens with zero attached hydrogens (tertiary/aromatic N) is 3. The second-order valence-electron chi connectivity index (χ2n) is 5.75. The smallest absolute Gasteiger partial charge is 0.226 e. The van der Waals surface area contributed by atoms with Crippen molar-refractivity contribution in [2.45, 2.75) is 19.9 Å². The van der Waals surface area contributed by atoms with E-state index in [9.17, 15) is 4.79 Å². The second-order valence-corrected chi connectivity index (χ2v) is 5.75. The van der Waals surface area contributed by atoms with Crippen molar-refractivity contribution in [3.05, 3.63) is 65.9 Å². The van der Waals surface area contributed by atoms with Crippen LogP contribution >= 0.6 is 0 Å². The van der Waals surface area contributed by atoms with Crippen LogP contribution in [0.3, 0.4) is 0 Å². The van der Waals surface area contributed by atoms with E-state index in [-0.39, 0.29) is 12.3 Å². The first kappa shape index (κ1) is 15.2. The second kappa shape index (κ2) is 6.27. The van der Waals surface area contributed by atoms with E-state index in [1.54, 1.807) is 30.7 Å². The molecular weight excluding hydrogens is 320 g/mol. The Hall–Kier alpha value is -3.35. The number of aromatic nitrogens is 3. The van der Waals surface area contributed by atoms with E-state index < -0.39 is 0 Å². The molecule has 0 saturated carbocycles. The van der Waals surface area contributed by atoms with Crippen molar-refractivity contribution in [2.24, 2.45) is 0 Å². The molecule has 0 fully saturated rings. The lowest BCUT2D eigenvalue weighted by Gasteiger charge is -2.04. The summed E-state index contributed by atoms with van der Waals surface area (Å²) in [4.78, 5) is 16.6. The van der Waals surface area contributed by atoms with E-state index in [1.165, 1.54) is 0 Å². The summed E-state index contributed by atoms with van der Waals surface area (Å²) in [5.41, 5.74) is 3.41. The fourth-order valence-electron chi connectivity index (χ4n) is 2.68. The average Bonchev–Trinajstić information content (AvgIpc) is 3.34. The number of pyridine rings is 1. The maximum Gasteiger partial charge on any atom is 0.226 e. The highest BCUT2D eigenvalue weighted by Crippen LogP contribution is 2.20. The first-order chi connectivity index (χ1) is 12.2. The Bertz CT molecular complexity index is 1010. The third-order valence-electron chi connectivity index (χ3n) is 3.94. The van der Waals surface area contributed by atoms with E-state index in [2.05, 4.69) is 15.5 Å². The zero-order chi connectivity index (χ0) is 17.2. The average molecular weight is 336 g/mol. The maximum absolute atomic E-state index is 12.2. The maximum atomic E-state index is 12.2. The molecule has 0 aliphatic rings. The number of furan rings is 1. The Morgan fingerprint density at radius 2 is 2.20 bits per heavy atom. The molecule has 7 nitrogen and oxygen atoms in total. The number of rotatable bonds is 5. The summed E-state index contributed by atoms with van der Waals surface area (Å²) in [5.74, 6) is 1.03. The summed E-state index contributed by atoms with van der Waals surface area (Å²) in [5, 5.41) is 6.78. The predicted molar refractivity (Wildman–Crippen MR) is 89.7 cm³/mol. The van der Waals surface area contributed by atoms with Crippen molar-refractivity contribution in [2.75, 3.05) is 0 Å². The highest BCUT2D eigenvalue weighted by atomic mass is 16.5. The standard InChI is InChI=1S/C18H16N4O3/c1-12-4-2-6-22-14(11-20-18(12)22)9-17(23)19-10-13-8-16(25-21-13)15-5-3-7-24-15/h2-8,11H,9-10H2,1H3,(H,19,23). The number of amides is 1. The SMILES string of the molecule is Cc1cccn2c(CC(=O)NCc3cc(-c4ccco4)on3)cnc12. The number of aryl methyl sites for hydroxylation is 1. The van der Waals surface area contributed by atoms with Crippen LogP contribution in [-0.4, -0.2) is 20.4 Å². The molecule has 0 unspecified atom stereocenters. The molecule has 1 amide bonds. The van der Waals surface area contributed by atoms with Gasteiger partial charge in [0.2, 0.25) is 11.7 Å². The number of carbonyl (C=O) groups is 1. The van der Waals surface area contributed by atoms with Gasteiger partial charge in [0, 0.05) is 18.5 Å². The number of imidazole rings is 1. The molecule has 0 aromatic carbocycles. The molecule has 0 saturated heterocycles. The third-order valence-corrected chi connectivity index (χ3v) is 3.94. The quantitative estimate of drug-likeness (QED) is 0.606. The minimum Gasteiger partial charge on any atom is -0.461 e. The largest absolute Gasteiger partial charge is 0.461 e. The molecule has 126 valence electrons. The molecule has 4 aromatic heterocycles. The van der Waals surface area contributed by atoms with E-state index in [1.807, 2.05) is 29.7 Å². The summed E-state index contributed by atoms with van der Waals surface area (Å²) in [6.07, 6.45) is 5.45. The Kier molecular flexibility index (Phi) is 3.81. The number of fused-ring (bicyclic) bond motifs is 1. The van der Waals surface area contributed by atoms with Gasteiger partial charge in [-0.2, -0.15) is 0 Å². The van der Waals surface area contributed by atoms with Crippen LogP contribution in [0.5, 0.6) is 0 Å². The van der Waals surface area contributed by atoms with Gasteiger partial charge < -0.3 is 18.7 Å². The zero-order valence-electron chi connectivity index (χ0n) is 13.6.